The number of aryl methyl sites for hydroxylation is 1. The van der Waals surface area contributed by atoms with Crippen LogP contribution in [0, 0.1) is 6.92 Å². The summed E-state index contributed by atoms with van der Waals surface area (Å²) in [6.45, 7) is 6.50. The summed E-state index contributed by atoms with van der Waals surface area (Å²) in [5, 5.41) is 9.14. The van der Waals surface area contributed by atoms with Crippen LogP contribution in [-0.4, -0.2) is 46.9 Å². The number of hydrogen-bond donors (Lipinski definition) is 1. The van der Waals surface area contributed by atoms with E-state index in [1.54, 1.807) is 0 Å². The zero-order valence-corrected chi connectivity index (χ0v) is 10.5. The first-order valence-corrected chi connectivity index (χ1v) is 6.08. The van der Waals surface area contributed by atoms with Crippen molar-refractivity contribution in [3.63, 3.8) is 0 Å². The van der Waals surface area contributed by atoms with E-state index in [0.29, 0.717) is 12.6 Å². The fourth-order valence-electron chi connectivity index (χ4n) is 2.10. The maximum atomic E-state index is 9.14. The molecule has 1 saturated heterocycles. The maximum Gasteiger partial charge on any atom is 0.0933 e. The second-order valence-electron chi connectivity index (χ2n) is 4.69. The summed E-state index contributed by atoms with van der Waals surface area (Å²) in [6.07, 6.45) is -0.0593. The van der Waals surface area contributed by atoms with Crippen molar-refractivity contribution in [2.45, 2.75) is 32.5 Å². The van der Waals surface area contributed by atoms with Crippen LogP contribution in [0.3, 0.4) is 0 Å². The molecule has 94 valence electrons. The predicted octanol–water partition coefficient (Wildman–Crippen LogP) is 0.972. The van der Waals surface area contributed by atoms with Gasteiger partial charge < -0.3 is 9.84 Å². The van der Waals surface area contributed by atoms with E-state index in [0.717, 1.165) is 24.5 Å². The smallest absolute Gasteiger partial charge is 0.0933 e. The zero-order chi connectivity index (χ0) is 12.3. The van der Waals surface area contributed by atoms with Gasteiger partial charge in [0.05, 0.1) is 25.0 Å². The van der Waals surface area contributed by atoms with Gasteiger partial charge in [-0.15, -0.1) is 0 Å². The standard InChI is InChI=1S/C13H20N2O2/c1-10-4-3-5-12(14-10)6-15-7-13(8-16)17-9-11(15)2/h3-5,11,13,16H,6-9H2,1-2H3. The fraction of sp³-hybridized carbons (Fsp3) is 0.615. The summed E-state index contributed by atoms with van der Waals surface area (Å²) in [5.41, 5.74) is 2.12. The van der Waals surface area contributed by atoms with Gasteiger partial charge in [-0.25, -0.2) is 0 Å². The van der Waals surface area contributed by atoms with Crippen molar-refractivity contribution < 1.29 is 9.84 Å². The Labute approximate surface area is 102 Å². The van der Waals surface area contributed by atoms with Crippen LogP contribution in [0.1, 0.15) is 18.3 Å². The SMILES string of the molecule is Cc1cccc(CN2CC(CO)OCC2C)n1. The zero-order valence-electron chi connectivity index (χ0n) is 10.5. The van der Waals surface area contributed by atoms with E-state index in [-0.39, 0.29) is 12.7 Å². The van der Waals surface area contributed by atoms with Crippen molar-refractivity contribution in [2.24, 2.45) is 0 Å². The van der Waals surface area contributed by atoms with Crippen LogP contribution in [0.4, 0.5) is 0 Å². The second kappa shape index (κ2) is 5.58. The molecule has 1 aliphatic rings. The largest absolute Gasteiger partial charge is 0.394 e. The average Bonchev–Trinajstić information content (AvgIpc) is 2.32. The molecule has 4 nitrogen and oxygen atoms in total. The molecule has 2 atom stereocenters. The summed E-state index contributed by atoms with van der Waals surface area (Å²) >= 11 is 0. The third-order valence-corrected chi connectivity index (χ3v) is 3.15. The molecular formula is C13H20N2O2. The number of ether oxygens (including phenoxy) is 1. The number of rotatable bonds is 3. The van der Waals surface area contributed by atoms with Crippen LogP contribution in [0.15, 0.2) is 18.2 Å². The molecule has 0 aliphatic carbocycles. The minimum Gasteiger partial charge on any atom is -0.394 e. The van der Waals surface area contributed by atoms with Crippen molar-refractivity contribution in [1.29, 1.82) is 0 Å². The average molecular weight is 236 g/mol. The molecule has 17 heavy (non-hydrogen) atoms. The van der Waals surface area contributed by atoms with E-state index in [2.05, 4.69) is 16.8 Å². The Balaban J connectivity index is 2.01. The molecule has 0 saturated carbocycles. The Morgan fingerprint density at radius 3 is 3.06 bits per heavy atom. The molecule has 0 amide bonds. The van der Waals surface area contributed by atoms with Gasteiger partial charge >= 0.3 is 0 Å². The van der Waals surface area contributed by atoms with Crippen molar-refractivity contribution in [1.82, 2.24) is 9.88 Å². The van der Waals surface area contributed by atoms with Gasteiger partial charge in [-0.05, 0) is 26.0 Å². The van der Waals surface area contributed by atoms with Crippen molar-refractivity contribution in [3.8, 4) is 0 Å². The number of aliphatic hydroxyl groups is 1. The normalized spacial score (nSPS) is 26.1. The first kappa shape index (κ1) is 12.5. The lowest BCUT2D eigenvalue weighted by Gasteiger charge is -2.37. The van der Waals surface area contributed by atoms with Gasteiger partial charge in [0.25, 0.3) is 0 Å². The minimum absolute atomic E-state index is 0.0593. The van der Waals surface area contributed by atoms with Crippen LogP contribution >= 0.6 is 0 Å². The van der Waals surface area contributed by atoms with E-state index in [1.807, 2.05) is 25.1 Å². The van der Waals surface area contributed by atoms with Crippen LogP contribution in [0.25, 0.3) is 0 Å². The van der Waals surface area contributed by atoms with E-state index in [4.69, 9.17) is 9.84 Å². The van der Waals surface area contributed by atoms with E-state index in [9.17, 15) is 0 Å². The molecule has 1 fully saturated rings. The summed E-state index contributed by atoms with van der Waals surface area (Å²) in [5.74, 6) is 0. The molecule has 0 aromatic carbocycles. The quantitative estimate of drug-likeness (QED) is 0.849. The van der Waals surface area contributed by atoms with Crippen LogP contribution in [-0.2, 0) is 11.3 Å². The highest BCUT2D eigenvalue weighted by atomic mass is 16.5. The van der Waals surface area contributed by atoms with Gasteiger partial charge in [0.15, 0.2) is 0 Å². The van der Waals surface area contributed by atoms with Gasteiger partial charge in [-0.2, -0.15) is 0 Å². The van der Waals surface area contributed by atoms with Gasteiger partial charge in [-0.3, -0.25) is 9.88 Å². The number of nitrogens with zero attached hydrogens (tertiary/aromatic N) is 2. The highest BCUT2D eigenvalue weighted by Gasteiger charge is 2.25. The van der Waals surface area contributed by atoms with E-state index in [1.165, 1.54) is 0 Å². The third kappa shape index (κ3) is 3.25. The molecule has 1 aromatic heterocycles. The van der Waals surface area contributed by atoms with Gasteiger partial charge in [0, 0.05) is 24.8 Å². The number of aliphatic hydroxyl groups excluding tert-OH is 1. The lowest BCUT2D eigenvalue weighted by molar-refractivity contribution is -0.0808. The second-order valence-corrected chi connectivity index (χ2v) is 4.69. The molecule has 2 rings (SSSR count). The van der Waals surface area contributed by atoms with Crippen molar-refractivity contribution in [3.05, 3.63) is 29.6 Å². The van der Waals surface area contributed by atoms with Crippen LogP contribution < -0.4 is 0 Å². The number of aromatic nitrogens is 1. The highest BCUT2D eigenvalue weighted by Crippen LogP contribution is 2.14. The van der Waals surface area contributed by atoms with Crippen molar-refractivity contribution >= 4 is 0 Å². The number of morpholine rings is 1. The lowest BCUT2D eigenvalue weighted by atomic mass is 10.2. The first-order valence-electron chi connectivity index (χ1n) is 6.08. The van der Waals surface area contributed by atoms with Crippen molar-refractivity contribution in [2.75, 3.05) is 19.8 Å². The van der Waals surface area contributed by atoms with Crippen LogP contribution in [0.5, 0.6) is 0 Å². The number of hydrogen-bond acceptors (Lipinski definition) is 4. The molecule has 0 spiro atoms. The van der Waals surface area contributed by atoms with Gasteiger partial charge in [0.2, 0.25) is 0 Å². The minimum atomic E-state index is -0.0593. The van der Waals surface area contributed by atoms with Crippen LogP contribution in [0.2, 0.25) is 0 Å². The molecule has 2 heterocycles. The fourth-order valence-corrected chi connectivity index (χ4v) is 2.10. The van der Waals surface area contributed by atoms with Gasteiger partial charge in [-0.1, -0.05) is 6.07 Å². The molecule has 4 heteroatoms. The lowest BCUT2D eigenvalue weighted by Crippen LogP contribution is -2.48. The molecular weight excluding hydrogens is 216 g/mol. The number of pyridine rings is 1. The topological polar surface area (TPSA) is 45.6 Å². The maximum absolute atomic E-state index is 9.14. The first-order chi connectivity index (χ1) is 8.19. The molecule has 0 radical (unpaired) electrons. The molecule has 0 bridgehead atoms. The summed E-state index contributed by atoms with van der Waals surface area (Å²) in [7, 11) is 0. The Morgan fingerprint density at radius 2 is 2.35 bits per heavy atom. The Bertz CT molecular complexity index is 370. The molecule has 2 unspecified atom stereocenters. The van der Waals surface area contributed by atoms with Gasteiger partial charge in [0.1, 0.15) is 0 Å². The molecule has 1 N–H and O–H groups in total. The monoisotopic (exact) mass is 236 g/mol. The summed E-state index contributed by atoms with van der Waals surface area (Å²) in [6, 6.07) is 6.46. The van der Waals surface area contributed by atoms with E-state index >= 15 is 0 Å². The Morgan fingerprint density at radius 1 is 1.53 bits per heavy atom. The predicted molar refractivity (Wildman–Crippen MR) is 65.7 cm³/mol. The molecule has 1 aliphatic heterocycles. The Kier molecular flexibility index (Phi) is 4.10. The third-order valence-electron chi connectivity index (χ3n) is 3.15. The summed E-state index contributed by atoms with van der Waals surface area (Å²) < 4.78 is 5.52. The summed E-state index contributed by atoms with van der Waals surface area (Å²) in [4.78, 5) is 6.82. The molecule has 1 aromatic rings. The van der Waals surface area contributed by atoms with E-state index < -0.39 is 0 Å². The highest BCUT2D eigenvalue weighted by molar-refractivity contribution is 5.10. The Hall–Kier alpha value is -0.970.